The molecule has 0 saturated carbocycles. The van der Waals surface area contributed by atoms with Crippen LogP contribution in [0.5, 0.6) is 0 Å². The first kappa shape index (κ1) is 9.69. The van der Waals surface area contributed by atoms with Crippen molar-refractivity contribution in [2.45, 2.75) is 6.42 Å². The molecule has 1 aromatic heterocycles. The van der Waals surface area contributed by atoms with Gasteiger partial charge in [-0.05, 0) is 25.5 Å². The first-order valence-electron chi connectivity index (χ1n) is 4.29. The van der Waals surface area contributed by atoms with Crippen LogP contribution in [-0.2, 0) is 6.42 Å². The van der Waals surface area contributed by atoms with E-state index in [1.165, 1.54) is 0 Å². The summed E-state index contributed by atoms with van der Waals surface area (Å²) in [6.45, 7) is 3.80. The number of nitrogens with zero attached hydrogens (tertiary/aromatic N) is 1. The van der Waals surface area contributed by atoms with Gasteiger partial charge in [0.25, 0.3) is 0 Å². The molecule has 0 unspecified atom stereocenters. The van der Waals surface area contributed by atoms with Crippen LogP contribution in [-0.4, -0.2) is 4.98 Å². The Balaban J connectivity index is 2.34. The second-order valence-electron chi connectivity index (χ2n) is 2.88. The van der Waals surface area contributed by atoms with Crippen LogP contribution in [0.15, 0.2) is 29.6 Å². The van der Waals surface area contributed by atoms with E-state index in [2.05, 4.69) is 11.9 Å². The topological polar surface area (TPSA) is 12.9 Å². The van der Waals surface area contributed by atoms with Gasteiger partial charge in [-0.15, -0.1) is 11.3 Å². The van der Waals surface area contributed by atoms with Gasteiger partial charge < -0.3 is 0 Å². The SMILES string of the molecule is [CH2]Cc1nc(-c2ccc(Cl)cc2)cs1. The third kappa shape index (κ3) is 1.97. The lowest BCUT2D eigenvalue weighted by molar-refractivity contribution is 1.19. The van der Waals surface area contributed by atoms with E-state index in [0.29, 0.717) is 0 Å². The molecule has 2 aromatic rings. The van der Waals surface area contributed by atoms with Crippen molar-refractivity contribution in [3.05, 3.63) is 46.6 Å². The molecule has 0 aliphatic rings. The molecule has 0 amide bonds. The highest BCUT2D eigenvalue weighted by atomic mass is 35.5. The maximum atomic E-state index is 5.80. The van der Waals surface area contributed by atoms with Gasteiger partial charge in [0.1, 0.15) is 0 Å². The number of thiazole rings is 1. The molecule has 0 spiro atoms. The molecule has 3 heteroatoms. The zero-order valence-electron chi connectivity index (χ0n) is 7.53. The summed E-state index contributed by atoms with van der Waals surface area (Å²) in [5.74, 6) is 0. The molecular formula is C11H9ClNS. The van der Waals surface area contributed by atoms with Crippen molar-refractivity contribution in [2.75, 3.05) is 0 Å². The van der Waals surface area contributed by atoms with Crippen LogP contribution in [0.4, 0.5) is 0 Å². The quantitative estimate of drug-likeness (QED) is 0.753. The van der Waals surface area contributed by atoms with Gasteiger partial charge in [-0.1, -0.05) is 23.7 Å². The van der Waals surface area contributed by atoms with E-state index in [9.17, 15) is 0 Å². The lowest BCUT2D eigenvalue weighted by Crippen LogP contribution is -1.80. The van der Waals surface area contributed by atoms with E-state index >= 15 is 0 Å². The zero-order chi connectivity index (χ0) is 9.97. The van der Waals surface area contributed by atoms with Gasteiger partial charge in [0.2, 0.25) is 0 Å². The summed E-state index contributed by atoms with van der Waals surface area (Å²) in [7, 11) is 0. The number of rotatable bonds is 2. The Morgan fingerprint density at radius 1 is 1.29 bits per heavy atom. The second-order valence-corrected chi connectivity index (χ2v) is 4.26. The average Bonchev–Trinajstić information content (AvgIpc) is 2.67. The Bertz CT molecular complexity index is 419. The lowest BCUT2D eigenvalue weighted by atomic mass is 10.2. The summed E-state index contributed by atoms with van der Waals surface area (Å²) in [5, 5.41) is 3.86. The summed E-state index contributed by atoms with van der Waals surface area (Å²) in [6.07, 6.45) is 0.748. The standard InChI is InChI=1S/C11H9ClNS/c1-2-11-13-10(7-14-11)8-3-5-9(12)6-4-8/h3-7H,1-2H2. The van der Waals surface area contributed by atoms with Crippen LogP contribution in [0.25, 0.3) is 11.3 Å². The van der Waals surface area contributed by atoms with E-state index in [1.54, 1.807) is 11.3 Å². The maximum Gasteiger partial charge on any atom is 0.0932 e. The summed E-state index contributed by atoms with van der Waals surface area (Å²) in [5.41, 5.74) is 2.11. The normalized spacial score (nSPS) is 10.4. The average molecular weight is 223 g/mol. The predicted octanol–water partition coefficient (Wildman–Crippen LogP) is 3.84. The molecule has 0 aliphatic carbocycles. The van der Waals surface area contributed by atoms with Crippen molar-refractivity contribution in [1.29, 1.82) is 0 Å². The molecule has 1 heterocycles. The number of halogens is 1. The summed E-state index contributed by atoms with van der Waals surface area (Å²) < 4.78 is 0. The largest absolute Gasteiger partial charge is 0.241 e. The minimum absolute atomic E-state index is 0.748. The van der Waals surface area contributed by atoms with Crippen LogP contribution in [0.2, 0.25) is 5.02 Å². The van der Waals surface area contributed by atoms with Crippen molar-refractivity contribution < 1.29 is 0 Å². The number of hydrogen-bond donors (Lipinski definition) is 0. The Kier molecular flexibility index (Phi) is 2.85. The van der Waals surface area contributed by atoms with Gasteiger partial charge in [-0.2, -0.15) is 0 Å². The van der Waals surface area contributed by atoms with Crippen molar-refractivity contribution in [3.8, 4) is 11.3 Å². The van der Waals surface area contributed by atoms with E-state index in [1.807, 2.05) is 29.6 Å². The number of aromatic nitrogens is 1. The van der Waals surface area contributed by atoms with Crippen LogP contribution in [0.3, 0.4) is 0 Å². The van der Waals surface area contributed by atoms with E-state index in [-0.39, 0.29) is 0 Å². The van der Waals surface area contributed by atoms with E-state index in [4.69, 9.17) is 11.6 Å². The Hall–Kier alpha value is -0.860. The summed E-state index contributed by atoms with van der Waals surface area (Å²) in [4.78, 5) is 4.44. The lowest BCUT2D eigenvalue weighted by Gasteiger charge is -1.95. The fourth-order valence-corrected chi connectivity index (χ4v) is 2.01. The fourth-order valence-electron chi connectivity index (χ4n) is 1.18. The van der Waals surface area contributed by atoms with Crippen LogP contribution < -0.4 is 0 Å². The molecule has 0 atom stereocenters. The fraction of sp³-hybridized carbons (Fsp3) is 0.0909. The number of benzene rings is 1. The van der Waals surface area contributed by atoms with Crippen molar-refractivity contribution >= 4 is 22.9 Å². The van der Waals surface area contributed by atoms with Crippen molar-refractivity contribution in [1.82, 2.24) is 4.98 Å². The first-order chi connectivity index (χ1) is 6.79. The molecule has 1 aromatic carbocycles. The minimum Gasteiger partial charge on any atom is -0.241 e. The molecule has 14 heavy (non-hydrogen) atoms. The van der Waals surface area contributed by atoms with Gasteiger partial charge in [-0.3, -0.25) is 0 Å². The van der Waals surface area contributed by atoms with Crippen LogP contribution >= 0.6 is 22.9 Å². The summed E-state index contributed by atoms with van der Waals surface area (Å²) in [6, 6.07) is 7.70. The smallest absolute Gasteiger partial charge is 0.0932 e. The summed E-state index contributed by atoms with van der Waals surface area (Å²) >= 11 is 7.45. The Morgan fingerprint density at radius 2 is 2.00 bits per heavy atom. The van der Waals surface area contributed by atoms with Gasteiger partial charge in [-0.25, -0.2) is 4.98 Å². The van der Waals surface area contributed by atoms with Gasteiger partial charge >= 0.3 is 0 Å². The highest BCUT2D eigenvalue weighted by molar-refractivity contribution is 7.09. The second kappa shape index (κ2) is 4.11. The minimum atomic E-state index is 0.748. The highest BCUT2D eigenvalue weighted by Gasteiger charge is 2.02. The Morgan fingerprint density at radius 3 is 2.57 bits per heavy atom. The molecule has 1 radical (unpaired) electrons. The third-order valence-electron chi connectivity index (χ3n) is 1.91. The maximum absolute atomic E-state index is 5.80. The monoisotopic (exact) mass is 222 g/mol. The van der Waals surface area contributed by atoms with Crippen LogP contribution in [0, 0.1) is 6.92 Å². The molecule has 0 saturated heterocycles. The first-order valence-corrected chi connectivity index (χ1v) is 5.55. The predicted molar refractivity (Wildman–Crippen MR) is 61.6 cm³/mol. The van der Waals surface area contributed by atoms with Gasteiger partial charge in [0.05, 0.1) is 10.7 Å². The van der Waals surface area contributed by atoms with Crippen molar-refractivity contribution in [3.63, 3.8) is 0 Å². The van der Waals surface area contributed by atoms with Crippen molar-refractivity contribution in [2.24, 2.45) is 0 Å². The molecule has 0 N–H and O–H groups in total. The van der Waals surface area contributed by atoms with Crippen LogP contribution in [0.1, 0.15) is 5.01 Å². The zero-order valence-corrected chi connectivity index (χ0v) is 9.11. The Labute approximate surface area is 92.4 Å². The molecule has 71 valence electrons. The molecule has 2 rings (SSSR count). The highest BCUT2D eigenvalue weighted by Crippen LogP contribution is 2.23. The molecular weight excluding hydrogens is 214 g/mol. The molecule has 0 bridgehead atoms. The molecule has 0 aliphatic heterocycles. The third-order valence-corrected chi connectivity index (χ3v) is 3.07. The molecule has 0 fully saturated rings. The van der Waals surface area contributed by atoms with Gasteiger partial charge in [0, 0.05) is 16.0 Å². The van der Waals surface area contributed by atoms with E-state index < -0.39 is 0 Å². The molecule has 1 nitrogen and oxygen atoms in total. The van der Waals surface area contributed by atoms with E-state index in [0.717, 1.165) is 27.7 Å². The number of hydrogen-bond acceptors (Lipinski definition) is 2. The van der Waals surface area contributed by atoms with Gasteiger partial charge in [0.15, 0.2) is 0 Å².